The Morgan fingerprint density at radius 3 is 2.96 bits per heavy atom. The molecule has 0 radical (unpaired) electrons. The molecule has 5 nitrogen and oxygen atoms in total. The van der Waals surface area contributed by atoms with Crippen molar-refractivity contribution in [2.75, 3.05) is 18.0 Å². The molecule has 1 saturated heterocycles. The summed E-state index contributed by atoms with van der Waals surface area (Å²) in [4.78, 5) is 25.4. The second kappa shape index (κ2) is 6.43. The van der Waals surface area contributed by atoms with Gasteiger partial charge < -0.3 is 9.80 Å². The van der Waals surface area contributed by atoms with Gasteiger partial charge in [-0.15, -0.1) is 0 Å². The first-order chi connectivity index (χ1) is 12.1. The highest BCUT2D eigenvalue weighted by Gasteiger charge is 2.31. The Bertz CT molecular complexity index is 810. The number of fused-ring (bicyclic) bond motifs is 1. The lowest BCUT2D eigenvalue weighted by Crippen LogP contribution is -2.35. The Hall–Kier alpha value is -2.50. The van der Waals surface area contributed by atoms with Crippen molar-refractivity contribution in [2.24, 2.45) is 5.92 Å². The number of carbonyl (C=O) groups is 1. The quantitative estimate of drug-likeness (QED) is 0.862. The molecule has 1 aromatic heterocycles. The minimum atomic E-state index is -0.291. The predicted octanol–water partition coefficient (Wildman–Crippen LogP) is 3.01. The number of piperidine rings is 1. The lowest BCUT2D eigenvalue weighted by molar-refractivity contribution is 0.0764. The van der Waals surface area contributed by atoms with Gasteiger partial charge in [-0.25, -0.2) is 14.4 Å². The van der Waals surface area contributed by atoms with E-state index in [1.54, 1.807) is 29.3 Å². The largest absolute Gasteiger partial charge is 0.341 e. The minimum Gasteiger partial charge on any atom is -0.341 e. The van der Waals surface area contributed by atoms with Gasteiger partial charge in [-0.1, -0.05) is 25.1 Å². The van der Waals surface area contributed by atoms with E-state index in [1.165, 1.54) is 12.5 Å². The number of nitrogens with zero attached hydrogens (tertiary/aromatic N) is 4. The van der Waals surface area contributed by atoms with Crippen molar-refractivity contribution in [3.8, 4) is 0 Å². The fraction of sp³-hybridized carbons (Fsp3) is 0.421. The van der Waals surface area contributed by atoms with Crippen LogP contribution in [0, 0.1) is 11.7 Å². The third-order valence-electron chi connectivity index (χ3n) is 4.97. The number of rotatable bonds is 3. The van der Waals surface area contributed by atoms with Crippen molar-refractivity contribution in [3.63, 3.8) is 0 Å². The molecule has 25 heavy (non-hydrogen) atoms. The molecular weight excluding hydrogens is 319 g/mol. The van der Waals surface area contributed by atoms with E-state index in [4.69, 9.17) is 0 Å². The Morgan fingerprint density at radius 1 is 1.32 bits per heavy atom. The molecule has 130 valence electrons. The molecule has 1 amide bonds. The van der Waals surface area contributed by atoms with Crippen molar-refractivity contribution in [2.45, 2.75) is 32.9 Å². The first-order valence-corrected chi connectivity index (χ1v) is 8.75. The highest BCUT2D eigenvalue weighted by Crippen LogP contribution is 2.26. The molecule has 1 aromatic carbocycles. The summed E-state index contributed by atoms with van der Waals surface area (Å²) < 4.78 is 13.9. The van der Waals surface area contributed by atoms with Crippen LogP contribution in [0.3, 0.4) is 0 Å². The number of hydrogen-bond donors (Lipinski definition) is 0. The number of benzene rings is 1. The molecule has 0 aliphatic carbocycles. The zero-order valence-corrected chi connectivity index (χ0v) is 14.3. The second-order valence-corrected chi connectivity index (χ2v) is 6.98. The maximum absolute atomic E-state index is 13.9. The maximum Gasteiger partial charge on any atom is 0.258 e. The summed E-state index contributed by atoms with van der Waals surface area (Å²) in [6.45, 7) is 4.79. The van der Waals surface area contributed by atoms with E-state index in [1.807, 2.05) is 0 Å². The maximum atomic E-state index is 13.9. The molecule has 6 heteroatoms. The highest BCUT2D eigenvalue weighted by molar-refractivity contribution is 5.97. The summed E-state index contributed by atoms with van der Waals surface area (Å²) in [7, 11) is 0. The van der Waals surface area contributed by atoms with Gasteiger partial charge in [0.15, 0.2) is 0 Å². The molecule has 0 N–H and O–H groups in total. The molecule has 1 fully saturated rings. The number of anilines is 1. The number of aromatic nitrogens is 2. The van der Waals surface area contributed by atoms with Gasteiger partial charge in [-0.3, -0.25) is 4.79 Å². The molecule has 0 unspecified atom stereocenters. The van der Waals surface area contributed by atoms with Gasteiger partial charge in [0, 0.05) is 31.4 Å². The van der Waals surface area contributed by atoms with Crippen LogP contribution in [0.25, 0.3) is 0 Å². The first kappa shape index (κ1) is 16.0. The Balaban J connectivity index is 1.54. The SMILES string of the molecule is C[C@H]1CCCN(c2ncc3c(n2)CN(Cc2ccccc2F)C3=O)C1. The van der Waals surface area contributed by atoms with E-state index in [2.05, 4.69) is 21.8 Å². The third-order valence-corrected chi connectivity index (χ3v) is 4.97. The lowest BCUT2D eigenvalue weighted by Gasteiger charge is -2.30. The van der Waals surface area contributed by atoms with Crippen LogP contribution in [0.5, 0.6) is 0 Å². The third kappa shape index (κ3) is 3.08. The summed E-state index contributed by atoms with van der Waals surface area (Å²) in [5, 5.41) is 0. The van der Waals surface area contributed by atoms with E-state index in [-0.39, 0.29) is 18.3 Å². The van der Waals surface area contributed by atoms with Gasteiger partial charge >= 0.3 is 0 Å². The molecule has 1 atom stereocenters. The molecule has 0 spiro atoms. The van der Waals surface area contributed by atoms with E-state index >= 15 is 0 Å². The van der Waals surface area contributed by atoms with Gasteiger partial charge in [0.25, 0.3) is 5.91 Å². The predicted molar refractivity (Wildman–Crippen MR) is 92.6 cm³/mol. The van der Waals surface area contributed by atoms with Crippen LogP contribution in [0.4, 0.5) is 10.3 Å². The smallest absolute Gasteiger partial charge is 0.258 e. The summed E-state index contributed by atoms with van der Waals surface area (Å²) in [6.07, 6.45) is 4.00. The summed E-state index contributed by atoms with van der Waals surface area (Å²) in [6, 6.07) is 6.55. The van der Waals surface area contributed by atoms with Gasteiger partial charge in [-0.2, -0.15) is 0 Å². The zero-order chi connectivity index (χ0) is 17.4. The van der Waals surface area contributed by atoms with E-state index in [9.17, 15) is 9.18 Å². The van der Waals surface area contributed by atoms with Gasteiger partial charge in [-0.05, 0) is 24.8 Å². The van der Waals surface area contributed by atoms with Gasteiger partial charge in [0.2, 0.25) is 5.95 Å². The Kier molecular flexibility index (Phi) is 4.11. The minimum absolute atomic E-state index is 0.128. The fourth-order valence-electron chi connectivity index (χ4n) is 3.61. The number of amides is 1. The molecule has 2 aromatic rings. The van der Waals surface area contributed by atoms with Crippen LogP contribution in [0.1, 0.15) is 41.4 Å². The van der Waals surface area contributed by atoms with Crippen molar-refractivity contribution in [3.05, 3.63) is 53.1 Å². The zero-order valence-electron chi connectivity index (χ0n) is 14.3. The first-order valence-electron chi connectivity index (χ1n) is 8.75. The monoisotopic (exact) mass is 340 g/mol. The Morgan fingerprint density at radius 2 is 2.16 bits per heavy atom. The van der Waals surface area contributed by atoms with Gasteiger partial charge in [0.05, 0.1) is 17.8 Å². The van der Waals surface area contributed by atoms with Crippen LogP contribution >= 0.6 is 0 Å². The average molecular weight is 340 g/mol. The Labute approximate surface area is 146 Å². The second-order valence-electron chi connectivity index (χ2n) is 6.98. The molecule has 3 heterocycles. The topological polar surface area (TPSA) is 49.3 Å². The molecule has 0 bridgehead atoms. The fourth-order valence-corrected chi connectivity index (χ4v) is 3.61. The van der Waals surface area contributed by atoms with Crippen LogP contribution in [0.15, 0.2) is 30.5 Å². The van der Waals surface area contributed by atoms with Crippen LogP contribution in [-0.4, -0.2) is 33.9 Å². The average Bonchev–Trinajstić information content (AvgIpc) is 2.92. The van der Waals surface area contributed by atoms with E-state index < -0.39 is 0 Å². The standard InChI is InChI=1S/C19H21FN4O/c1-13-5-4-8-23(10-13)19-21-9-15-17(22-19)12-24(18(15)25)11-14-6-2-3-7-16(14)20/h2-3,6-7,9,13H,4-5,8,10-12H2,1H3/t13-/m0/s1. The normalized spacial score (nSPS) is 20.1. The summed E-state index contributed by atoms with van der Waals surface area (Å²) >= 11 is 0. The van der Waals surface area contributed by atoms with Crippen LogP contribution in [0.2, 0.25) is 0 Å². The number of halogens is 1. The molecule has 2 aliphatic rings. The lowest BCUT2D eigenvalue weighted by atomic mass is 10.0. The summed E-state index contributed by atoms with van der Waals surface area (Å²) in [5.74, 6) is 0.910. The van der Waals surface area contributed by atoms with E-state index in [0.29, 0.717) is 29.5 Å². The highest BCUT2D eigenvalue weighted by atomic mass is 19.1. The summed E-state index contributed by atoms with van der Waals surface area (Å²) in [5.41, 5.74) is 1.79. The van der Waals surface area contributed by atoms with Crippen molar-refractivity contribution in [1.29, 1.82) is 0 Å². The van der Waals surface area contributed by atoms with E-state index in [0.717, 1.165) is 25.2 Å². The number of hydrogen-bond acceptors (Lipinski definition) is 4. The molecule has 4 rings (SSSR count). The van der Waals surface area contributed by atoms with Crippen LogP contribution < -0.4 is 4.90 Å². The molecule has 0 saturated carbocycles. The van der Waals surface area contributed by atoms with Crippen molar-refractivity contribution in [1.82, 2.24) is 14.9 Å². The molecular formula is C19H21FN4O. The van der Waals surface area contributed by atoms with Crippen molar-refractivity contribution >= 4 is 11.9 Å². The molecule has 2 aliphatic heterocycles. The van der Waals surface area contributed by atoms with Crippen molar-refractivity contribution < 1.29 is 9.18 Å². The van der Waals surface area contributed by atoms with Gasteiger partial charge in [0.1, 0.15) is 5.82 Å². The van der Waals surface area contributed by atoms with Crippen LogP contribution in [-0.2, 0) is 13.1 Å². The number of carbonyl (C=O) groups excluding carboxylic acids is 1.